The molecule has 0 radical (unpaired) electrons. The number of carbonyl (C=O) groups excluding carboxylic acids is 1. The summed E-state index contributed by atoms with van der Waals surface area (Å²) in [5, 5.41) is 3.40. The number of fused-ring (bicyclic) bond motifs is 2. The number of imidazole rings is 1. The van der Waals surface area contributed by atoms with E-state index in [4.69, 9.17) is 0 Å². The van der Waals surface area contributed by atoms with E-state index >= 15 is 0 Å². The van der Waals surface area contributed by atoms with E-state index in [1.165, 1.54) is 7.11 Å². The number of benzene rings is 2. The molecule has 7 nitrogen and oxygen atoms in total. The van der Waals surface area contributed by atoms with Gasteiger partial charge in [0.25, 0.3) is 0 Å². The average Bonchev–Trinajstić information content (AvgIpc) is 3.23. The minimum atomic E-state index is -1.34. The molecule has 0 saturated heterocycles. The molecule has 1 amide bonds. The largest absolute Gasteiger partial charge is 0.453 e. The molecule has 0 aliphatic carbocycles. The van der Waals surface area contributed by atoms with Gasteiger partial charge in [-0.1, -0.05) is 18.2 Å². The number of carbonyl (C=O) groups is 1. The lowest BCUT2D eigenvalue weighted by Crippen LogP contribution is -2.11. The summed E-state index contributed by atoms with van der Waals surface area (Å²) in [6.07, 6.45) is 1.16. The van der Waals surface area contributed by atoms with Gasteiger partial charge in [0.15, 0.2) is 0 Å². The molecule has 0 spiro atoms. The van der Waals surface area contributed by atoms with Crippen molar-refractivity contribution >= 4 is 44.8 Å². The Labute approximate surface area is 144 Å². The van der Waals surface area contributed by atoms with Crippen LogP contribution in [0.4, 0.5) is 10.7 Å². The zero-order valence-electron chi connectivity index (χ0n) is 13.2. The highest BCUT2D eigenvalue weighted by molar-refractivity contribution is 7.85. The van der Waals surface area contributed by atoms with E-state index in [9.17, 15) is 9.00 Å². The average molecular weight is 354 g/mol. The highest BCUT2D eigenvalue weighted by Crippen LogP contribution is 2.27. The van der Waals surface area contributed by atoms with Crippen LogP contribution in [0.15, 0.2) is 58.5 Å². The van der Waals surface area contributed by atoms with E-state index in [0.717, 1.165) is 15.8 Å². The number of rotatable bonds is 3. The minimum absolute atomic E-state index is 0.275. The molecule has 0 aliphatic rings. The molecule has 8 heteroatoms. The van der Waals surface area contributed by atoms with Crippen molar-refractivity contribution in [3.05, 3.63) is 48.7 Å². The van der Waals surface area contributed by atoms with Crippen LogP contribution in [-0.4, -0.2) is 32.4 Å². The number of hydrogen-bond donors (Lipinski definition) is 3. The third kappa shape index (κ3) is 2.76. The van der Waals surface area contributed by atoms with Gasteiger partial charge in [0.05, 0.1) is 33.8 Å². The lowest BCUT2D eigenvalue weighted by molar-refractivity contribution is 0.186. The summed E-state index contributed by atoms with van der Waals surface area (Å²) in [6.45, 7) is 0. The molecule has 25 heavy (non-hydrogen) atoms. The topological polar surface area (TPSA) is 99.9 Å². The van der Waals surface area contributed by atoms with Crippen LogP contribution in [0.1, 0.15) is 0 Å². The van der Waals surface area contributed by atoms with Crippen molar-refractivity contribution in [2.24, 2.45) is 0 Å². The molecule has 1 unspecified atom stereocenters. The number of aromatic nitrogens is 3. The van der Waals surface area contributed by atoms with E-state index in [0.29, 0.717) is 15.9 Å². The number of anilines is 1. The van der Waals surface area contributed by atoms with Crippen molar-refractivity contribution in [1.82, 2.24) is 15.0 Å². The molecule has 1 atom stereocenters. The van der Waals surface area contributed by atoms with Gasteiger partial charge < -0.3 is 14.7 Å². The molecule has 126 valence electrons. The Bertz CT molecular complexity index is 1120. The Hall–Kier alpha value is -3.13. The van der Waals surface area contributed by atoms with Gasteiger partial charge in [0.2, 0.25) is 5.95 Å². The summed E-state index contributed by atoms with van der Waals surface area (Å²) >= 11 is 0. The van der Waals surface area contributed by atoms with Gasteiger partial charge in [-0.3, -0.25) is 5.32 Å². The van der Waals surface area contributed by atoms with Crippen LogP contribution in [0.25, 0.3) is 21.9 Å². The zero-order valence-corrected chi connectivity index (χ0v) is 14.0. The maximum atomic E-state index is 13.0. The molecule has 2 aromatic heterocycles. The van der Waals surface area contributed by atoms with Gasteiger partial charge in [-0.25, -0.2) is 14.0 Å². The molecule has 0 bridgehead atoms. The van der Waals surface area contributed by atoms with Gasteiger partial charge in [-0.05, 0) is 24.3 Å². The van der Waals surface area contributed by atoms with E-state index < -0.39 is 16.9 Å². The Morgan fingerprint density at radius 1 is 1.20 bits per heavy atom. The lowest BCUT2D eigenvalue weighted by atomic mass is 10.2. The monoisotopic (exact) mass is 354 g/mol. The lowest BCUT2D eigenvalue weighted by Gasteiger charge is -2.01. The zero-order chi connectivity index (χ0) is 17.4. The number of hydrogen-bond acceptors (Lipinski definition) is 4. The van der Waals surface area contributed by atoms with Gasteiger partial charge in [-0.15, -0.1) is 0 Å². The SMILES string of the molecule is COC(=O)Nc1nc2ccc(S(=O)c3c[nH]c4ccccc34)cc2[nH]1. The Morgan fingerprint density at radius 2 is 2.04 bits per heavy atom. The third-order valence-corrected chi connectivity index (χ3v) is 5.24. The summed E-state index contributed by atoms with van der Waals surface area (Å²) in [6, 6.07) is 13.0. The molecule has 0 fully saturated rings. The Kier molecular flexibility index (Phi) is 3.73. The number of para-hydroxylation sites is 1. The number of nitrogens with zero attached hydrogens (tertiary/aromatic N) is 1. The first kappa shape index (κ1) is 15.4. The second-order valence-electron chi connectivity index (χ2n) is 5.35. The summed E-state index contributed by atoms with van der Waals surface area (Å²) in [5.41, 5.74) is 2.28. The smallest absolute Gasteiger partial charge is 0.413 e. The molecular weight excluding hydrogens is 340 g/mol. The van der Waals surface area contributed by atoms with Crippen molar-refractivity contribution < 1.29 is 13.7 Å². The second kappa shape index (κ2) is 6.06. The predicted molar refractivity (Wildman–Crippen MR) is 95.1 cm³/mol. The second-order valence-corrected chi connectivity index (χ2v) is 6.80. The van der Waals surface area contributed by atoms with Crippen molar-refractivity contribution in [2.75, 3.05) is 12.4 Å². The summed E-state index contributed by atoms with van der Waals surface area (Å²) in [4.78, 5) is 23.0. The number of H-pyrrole nitrogens is 2. The highest BCUT2D eigenvalue weighted by atomic mass is 32.2. The van der Waals surface area contributed by atoms with Gasteiger partial charge in [-0.2, -0.15) is 0 Å². The molecule has 4 rings (SSSR count). The summed E-state index contributed by atoms with van der Waals surface area (Å²) in [5.74, 6) is 0.275. The van der Waals surface area contributed by atoms with Crippen LogP contribution in [0.5, 0.6) is 0 Å². The summed E-state index contributed by atoms with van der Waals surface area (Å²) < 4.78 is 17.5. The first-order valence-electron chi connectivity index (χ1n) is 7.48. The van der Waals surface area contributed by atoms with Gasteiger partial charge in [0.1, 0.15) is 0 Å². The molecule has 0 aliphatic heterocycles. The van der Waals surface area contributed by atoms with Gasteiger partial charge in [0, 0.05) is 22.0 Å². The van der Waals surface area contributed by atoms with Crippen LogP contribution in [-0.2, 0) is 15.5 Å². The van der Waals surface area contributed by atoms with Crippen LogP contribution in [0.2, 0.25) is 0 Å². The maximum Gasteiger partial charge on any atom is 0.413 e. The first-order valence-corrected chi connectivity index (χ1v) is 8.63. The van der Waals surface area contributed by atoms with Crippen LogP contribution < -0.4 is 5.32 Å². The molecule has 2 aromatic carbocycles. The molecule has 4 aromatic rings. The number of nitrogens with one attached hydrogen (secondary N) is 3. The number of amides is 1. The van der Waals surface area contributed by atoms with E-state index in [2.05, 4.69) is 25.0 Å². The fraction of sp³-hybridized carbons (Fsp3) is 0.0588. The van der Waals surface area contributed by atoms with E-state index in [-0.39, 0.29) is 5.95 Å². The molecule has 0 saturated carbocycles. The third-order valence-electron chi connectivity index (χ3n) is 3.82. The highest BCUT2D eigenvalue weighted by Gasteiger charge is 2.14. The van der Waals surface area contributed by atoms with Crippen molar-refractivity contribution in [3.63, 3.8) is 0 Å². The number of aromatic amines is 2. The van der Waals surface area contributed by atoms with Crippen molar-refractivity contribution in [2.45, 2.75) is 9.79 Å². The Morgan fingerprint density at radius 3 is 2.88 bits per heavy atom. The first-order chi connectivity index (χ1) is 12.2. The normalized spacial score (nSPS) is 12.4. The van der Waals surface area contributed by atoms with E-state index in [1.54, 1.807) is 24.4 Å². The molecule has 2 heterocycles. The molecular formula is C17H14N4O3S. The standard InChI is InChI=1S/C17H14N4O3S/c1-24-17(22)21-16-19-13-7-6-10(8-14(13)20-16)25(23)15-9-18-12-5-3-2-4-11(12)15/h2-9,18H,1H3,(H2,19,20,21,22). The van der Waals surface area contributed by atoms with Crippen molar-refractivity contribution in [3.8, 4) is 0 Å². The molecule has 3 N–H and O–H groups in total. The maximum absolute atomic E-state index is 13.0. The summed E-state index contributed by atoms with van der Waals surface area (Å²) in [7, 11) is -0.0622. The fourth-order valence-electron chi connectivity index (χ4n) is 2.64. The van der Waals surface area contributed by atoms with Crippen LogP contribution in [0.3, 0.4) is 0 Å². The number of methoxy groups -OCH3 is 1. The minimum Gasteiger partial charge on any atom is -0.453 e. The van der Waals surface area contributed by atoms with Crippen LogP contribution in [0, 0.1) is 0 Å². The van der Waals surface area contributed by atoms with Crippen LogP contribution >= 0.6 is 0 Å². The fourth-order valence-corrected chi connectivity index (χ4v) is 3.85. The predicted octanol–water partition coefficient (Wildman–Crippen LogP) is 3.39. The van der Waals surface area contributed by atoms with E-state index in [1.807, 2.05) is 24.3 Å². The quantitative estimate of drug-likeness (QED) is 0.525. The van der Waals surface area contributed by atoms with Gasteiger partial charge >= 0.3 is 6.09 Å². The number of ether oxygens (including phenoxy) is 1. The van der Waals surface area contributed by atoms with Crippen molar-refractivity contribution in [1.29, 1.82) is 0 Å². The Balaban J connectivity index is 1.71.